The first kappa shape index (κ1) is 15.3. The zero-order valence-corrected chi connectivity index (χ0v) is 10.7. The fourth-order valence-electron chi connectivity index (χ4n) is 1.85. The maximum atomic E-state index is 11.1. The van der Waals surface area contributed by atoms with Crippen LogP contribution >= 0.6 is 0 Å². The summed E-state index contributed by atoms with van der Waals surface area (Å²) in [5, 5.41) is 31.2. The van der Waals surface area contributed by atoms with Crippen LogP contribution in [0.1, 0.15) is 20.8 Å². The zero-order valence-electron chi connectivity index (χ0n) is 10.7. The number of hydrogen-bond donors (Lipinski definition) is 4. The Morgan fingerprint density at radius 1 is 1.39 bits per heavy atom. The number of nitrogens with one attached hydrogen (secondary N) is 1. The zero-order chi connectivity index (χ0) is 13.9. The van der Waals surface area contributed by atoms with Gasteiger partial charge in [0.25, 0.3) is 0 Å². The number of rotatable bonds is 4. The Balaban J connectivity index is 2.83. The van der Waals surface area contributed by atoms with E-state index in [9.17, 15) is 15.0 Å². The van der Waals surface area contributed by atoms with Gasteiger partial charge in [0.05, 0.1) is 12.7 Å². The standard InChI is InChI=1S/C11H21NO6/c1-5(2)17-11-8(12-6(3)14)10(16)9(15)7(4-13)18-11/h5,7-11,13,15-16H,4H2,1-3H3,(H,12,14)/t7?,8?,9-,10-,11+/m1/s1. The smallest absolute Gasteiger partial charge is 0.217 e. The van der Waals surface area contributed by atoms with Gasteiger partial charge in [-0.1, -0.05) is 0 Å². The molecule has 1 fully saturated rings. The largest absolute Gasteiger partial charge is 0.394 e. The Labute approximate surface area is 106 Å². The molecule has 0 saturated carbocycles. The van der Waals surface area contributed by atoms with Crippen LogP contribution in [0.4, 0.5) is 0 Å². The van der Waals surface area contributed by atoms with E-state index in [2.05, 4.69) is 5.32 Å². The summed E-state index contributed by atoms with van der Waals surface area (Å²) in [5.74, 6) is -0.366. The summed E-state index contributed by atoms with van der Waals surface area (Å²) in [5.41, 5.74) is 0. The first-order valence-corrected chi connectivity index (χ1v) is 5.91. The first-order chi connectivity index (χ1) is 8.36. The molecule has 0 radical (unpaired) electrons. The van der Waals surface area contributed by atoms with Crippen LogP contribution in [0.2, 0.25) is 0 Å². The van der Waals surface area contributed by atoms with Crippen LogP contribution in [0.5, 0.6) is 0 Å². The summed E-state index contributed by atoms with van der Waals surface area (Å²) >= 11 is 0. The Hall–Kier alpha value is -0.730. The van der Waals surface area contributed by atoms with E-state index in [0.717, 1.165) is 0 Å². The van der Waals surface area contributed by atoms with E-state index in [1.807, 2.05) is 0 Å². The van der Waals surface area contributed by atoms with E-state index in [4.69, 9.17) is 14.6 Å². The predicted octanol–water partition coefficient (Wildman–Crippen LogP) is -1.64. The van der Waals surface area contributed by atoms with E-state index in [1.165, 1.54) is 6.92 Å². The van der Waals surface area contributed by atoms with Crippen molar-refractivity contribution in [2.45, 2.75) is 57.5 Å². The lowest BCUT2D eigenvalue weighted by molar-refractivity contribution is -0.278. The molecule has 4 N–H and O–H groups in total. The summed E-state index contributed by atoms with van der Waals surface area (Å²) in [4.78, 5) is 11.1. The normalized spacial score (nSPS) is 36.7. The minimum Gasteiger partial charge on any atom is -0.394 e. The van der Waals surface area contributed by atoms with Gasteiger partial charge >= 0.3 is 0 Å². The van der Waals surface area contributed by atoms with Crippen molar-refractivity contribution in [1.29, 1.82) is 0 Å². The Bertz CT molecular complexity index is 285. The van der Waals surface area contributed by atoms with E-state index in [0.29, 0.717) is 0 Å². The van der Waals surface area contributed by atoms with Crippen molar-refractivity contribution >= 4 is 5.91 Å². The minimum absolute atomic E-state index is 0.187. The molecule has 2 unspecified atom stereocenters. The highest BCUT2D eigenvalue weighted by atomic mass is 16.7. The van der Waals surface area contributed by atoms with Crippen LogP contribution in [-0.4, -0.2) is 64.6 Å². The molecule has 0 aromatic heterocycles. The van der Waals surface area contributed by atoms with Gasteiger partial charge in [-0.2, -0.15) is 0 Å². The topological polar surface area (TPSA) is 108 Å². The summed E-state index contributed by atoms with van der Waals surface area (Å²) < 4.78 is 10.8. The van der Waals surface area contributed by atoms with E-state index >= 15 is 0 Å². The quantitative estimate of drug-likeness (QED) is 0.484. The molecule has 1 saturated heterocycles. The van der Waals surface area contributed by atoms with Crippen molar-refractivity contribution in [3.05, 3.63) is 0 Å². The van der Waals surface area contributed by atoms with Crippen molar-refractivity contribution < 1.29 is 29.6 Å². The van der Waals surface area contributed by atoms with Gasteiger partial charge in [0.2, 0.25) is 5.91 Å². The molecule has 1 aliphatic rings. The first-order valence-electron chi connectivity index (χ1n) is 5.91. The lowest BCUT2D eigenvalue weighted by Crippen LogP contribution is -2.64. The van der Waals surface area contributed by atoms with Crippen molar-refractivity contribution in [3.8, 4) is 0 Å². The van der Waals surface area contributed by atoms with E-state index in [1.54, 1.807) is 13.8 Å². The molecule has 0 aromatic rings. The Morgan fingerprint density at radius 3 is 2.44 bits per heavy atom. The van der Waals surface area contributed by atoms with Gasteiger partial charge in [-0.25, -0.2) is 0 Å². The molecule has 0 aromatic carbocycles. The van der Waals surface area contributed by atoms with Gasteiger partial charge in [0.15, 0.2) is 6.29 Å². The van der Waals surface area contributed by atoms with Gasteiger partial charge in [0.1, 0.15) is 24.4 Å². The van der Waals surface area contributed by atoms with Gasteiger partial charge in [-0.15, -0.1) is 0 Å². The third kappa shape index (κ3) is 3.63. The second-order valence-corrected chi connectivity index (χ2v) is 4.62. The molecule has 1 heterocycles. The second kappa shape index (κ2) is 6.44. The SMILES string of the molecule is CC(=O)NC1[C@@H](OC(C)C)OC(CO)[C@@H](O)[C@@H]1O. The third-order valence-electron chi connectivity index (χ3n) is 2.66. The number of carbonyl (C=O) groups excluding carboxylic acids is 1. The number of amides is 1. The molecule has 0 spiro atoms. The fraction of sp³-hybridized carbons (Fsp3) is 0.909. The highest BCUT2D eigenvalue weighted by molar-refractivity contribution is 5.73. The van der Waals surface area contributed by atoms with Crippen LogP contribution in [0.15, 0.2) is 0 Å². The van der Waals surface area contributed by atoms with Crippen molar-refractivity contribution in [3.63, 3.8) is 0 Å². The molecular formula is C11H21NO6. The number of hydrogen-bond acceptors (Lipinski definition) is 6. The maximum absolute atomic E-state index is 11.1. The number of aliphatic hydroxyl groups is 3. The van der Waals surface area contributed by atoms with Crippen LogP contribution < -0.4 is 5.32 Å². The number of aliphatic hydroxyl groups excluding tert-OH is 3. The summed E-state index contributed by atoms with van der Waals surface area (Å²) in [6, 6.07) is -0.873. The molecule has 0 aliphatic carbocycles. The molecule has 1 amide bonds. The molecule has 7 nitrogen and oxygen atoms in total. The molecule has 0 bridgehead atoms. The molecular weight excluding hydrogens is 242 g/mol. The van der Waals surface area contributed by atoms with Crippen molar-refractivity contribution in [1.82, 2.24) is 5.32 Å². The van der Waals surface area contributed by atoms with Crippen molar-refractivity contribution in [2.75, 3.05) is 6.61 Å². The molecule has 1 aliphatic heterocycles. The lowest BCUT2D eigenvalue weighted by atomic mass is 9.97. The fourth-order valence-corrected chi connectivity index (χ4v) is 1.85. The van der Waals surface area contributed by atoms with E-state index in [-0.39, 0.29) is 12.0 Å². The average Bonchev–Trinajstić information content (AvgIpc) is 2.27. The number of ether oxygens (including phenoxy) is 2. The van der Waals surface area contributed by atoms with Gasteiger partial charge < -0.3 is 30.1 Å². The predicted molar refractivity (Wildman–Crippen MR) is 61.6 cm³/mol. The lowest BCUT2D eigenvalue weighted by Gasteiger charge is -2.42. The highest BCUT2D eigenvalue weighted by Crippen LogP contribution is 2.22. The van der Waals surface area contributed by atoms with Crippen LogP contribution in [0.25, 0.3) is 0 Å². The third-order valence-corrected chi connectivity index (χ3v) is 2.66. The van der Waals surface area contributed by atoms with Gasteiger partial charge in [-0.3, -0.25) is 4.79 Å². The second-order valence-electron chi connectivity index (χ2n) is 4.62. The van der Waals surface area contributed by atoms with E-state index < -0.39 is 37.3 Å². The Kier molecular flexibility index (Phi) is 5.48. The summed E-state index contributed by atoms with van der Waals surface area (Å²) in [6.45, 7) is 4.41. The molecule has 18 heavy (non-hydrogen) atoms. The monoisotopic (exact) mass is 263 g/mol. The average molecular weight is 263 g/mol. The highest BCUT2D eigenvalue weighted by Gasteiger charge is 2.45. The molecule has 1 rings (SSSR count). The van der Waals surface area contributed by atoms with Gasteiger partial charge in [0, 0.05) is 6.92 Å². The maximum Gasteiger partial charge on any atom is 0.217 e. The van der Waals surface area contributed by atoms with Gasteiger partial charge in [-0.05, 0) is 13.8 Å². The van der Waals surface area contributed by atoms with Crippen molar-refractivity contribution in [2.24, 2.45) is 0 Å². The summed E-state index contributed by atoms with van der Waals surface area (Å²) in [7, 11) is 0. The molecule has 7 heteroatoms. The number of carbonyl (C=O) groups is 1. The minimum atomic E-state index is -1.28. The Morgan fingerprint density at radius 2 is 2.00 bits per heavy atom. The van der Waals surface area contributed by atoms with Crippen LogP contribution in [0.3, 0.4) is 0 Å². The molecule has 5 atom stereocenters. The summed E-state index contributed by atoms with van der Waals surface area (Å²) in [6.07, 6.45) is -4.58. The molecule has 106 valence electrons. The van der Waals surface area contributed by atoms with Crippen LogP contribution in [0, 0.1) is 0 Å². The van der Waals surface area contributed by atoms with Crippen LogP contribution in [-0.2, 0) is 14.3 Å².